The molecule has 4 aromatic rings. The second-order valence-corrected chi connectivity index (χ2v) is 10.8. The summed E-state index contributed by atoms with van der Waals surface area (Å²) in [7, 11) is -2.84. The minimum atomic E-state index is -4.06. The van der Waals surface area contributed by atoms with Crippen LogP contribution in [0, 0.1) is 11.6 Å². The lowest BCUT2D eigenvalue weighted by molar-refractivity contribution is -0.0371. The second kappa shape index (κ2) is 10.7. The van der Waals surface area contributed by atoms with Crippen molar-refractivity contribution < 1.29 is 36.3 Å². The first kappa shape index (κ1) is 27.3. The molecule has 0 spiro atoms. The van der Waals surface area contributed by atoms with E-state index in [1.165, 1.54) is 24.2 Å². The van der Waals surface area contributed by atoms with Crippen LogP contribution in [-0.2, 0) is 19.5 Å². The molecule has 3 aromatic heterocycles. The van der Waals surface area contributed by atoms with Gasteiger partial charge in [0.2, 0.25) is 15.8 Å². The molecule has 14 heteroatoms. The molecule has 208 valence electrons. The summed E-state index contributed by atoms with van der Waals surface area (Å²) in [6.07, 6.45) is 5.39. The number of benzene rings is 1. The Morgan fingerprint density at radius 3 is 2.65 bits per heavy atom. The number of carbonyl (C=O) groups excluding carboxylic acids is 2. The zero-order valence-electron chi connectivity index (χ0n) is 21.3. The largest absolute Gasteiger partial charge is 0.464 e. The molecule has 1 aliphatic heterocycles. The fraction of sp³-hybridized carbons (Fsp3) is 0.269. The number of rotatable bonds is 7. The predicted molar refractivity (Wildman–Crippen MR) is 139 cm³/mol. The molecule has 0 saturated carbocycles. The van der Waals surface area contributed by atoms with E-state index in [1.54, 1.807) is 22.9 Å². The van der Waals surface area contributed by atoms with Gasteiger partial charge in [-0.15, -0.1) is 0 Å². The van der Waals surface area contributed by atoms with Crippen molar-refractivity contribution in [1.82, 2.24) is 19.7 Å². The summed E-state index contributed by atoms with van der Waals surface area (Å²) in [5, 5.41) is 4.65. The first-order chi connectivity index (χ1) is 19.1. The Bertz CT molecular complexity index is 1750. The number of nitrogens with one attached hydrogen (secondary N) is 1. The van der Waals surface area contributed by atoms with Gasteiger partial charge in [0.25, 0.3) is 0 Å². The topological polar surface area (TPSA) is 142 Å². The number of halogens is 2. The number of methoxy groups -OCH3 is 1. The van der Waals surface area contributed by atoms with E-state index in [0.29, 0.717) is 24.2 Å². The highest BCUT2D eigenvalue weighted by molar-refractivity contribution is 7.92. The third kappa shape index (κ3) is 5.14. The van der Waals surface area contributed by atoms with Crippen molar-refractivity contribution in [3.8, 4) is 11.1 Å². The van der Waals surface area contributed by atoms with Crippen LogP contribution in [-0.4, -0.2) is 59.9 Å². The summed E-state index contributed by atoms with van der Waals surface area (Å²) in [6, 6.07) is 6.50. The summed E-state index contributed by atoms with van der Waals surface area (Å²) in [4.78, 5) is 34.6. The van der Waals surface area contributed by atoms with E-state index in [1.807, 2.05) is 0 Å². The first-order valence-electron chi connectivity index (χ1n) is 12.1. The van der Waals surface area contributed by atoms with Gasteiger partial charge >= 0.3 is 5.97 Å². The number of esters is 1. The van der Waals surface area contributed by atoms with Crippen LogP contribution in [0.2, 0.25) is 0 Å². The SMILES string of the molecule is COC(=O)c1ncccc1-c1cnc2c(c1)c(C(=O)c1ccc(F)c(NS(C)(=O)=O)c1F)nn2C1CCCCO1. The summed E-state index contributed by atoms with van der Waals surface area (Å²) >= 11 is 0. The minimum absolute atomic E-state index is 0.0168. The molecule has 0 radical (unpaired) electrons. The van der Waals surface area contributed by atoms with Crippen LogP contribution in [0.15, 0.2) is 42.7 Å². The van der Waals surface area contributed by atoms with Gasteiger partial charge in [-0.05, 0) is 43.5 Å². The summed E-state index contributed by atoms with van der Waals surface area (Å²) in [6.45, 7) is 0.471. The van der Waals surface area contributed by atoms with Gasteiger partial charge in [0, 0.05) is 30.1 Å². The fourth-order valence-electron chi connectivity index (χ4n) is 4.49. The number of ketones is 1. The summed E-state index contributed by atoms with van der Waals surface area (Å²) in [5.41, 5.74) is -0.759. The third-order valence-electron chi connectivity index (χ3n) is 6.31. The molecule has 1 aromatic carbocycles. The van der Waals surface area contributed by atoms with E-state index in [-0.39, 0.29) is 22.4 Å². The fourth-order valence-corrected chi connectivity index (χ4v) is 5.05. The number of carbonyl (C=O) groups is 2. The van der Waals surface area contributed by atoms with Gasteiger partial charge in [-0.2, -0.15) is 5.10 Å². The zero-order chi connectivity index (χ0) is 28.6. The number of sulfonamides is 1. The Morgan fingerprint density at radius 1 is 1.15 bits per heavy atom. The molecule has 1 fully saturated rings. The molecule has 5 rings (SSSR count). The van der Waals surface area contributed by atoms with Crippen molar-refractivity contribution in [3.63, 3.8) is 0 Å². The highest BCUT2D eigenvalue weighted by atomic mass is 32.2. The molecule has 1 aliphatic rings. The van der Waals surface area contributed by atoms with Crippen molar-refractivity contribution in [2.24, 2.45) is 0 Å². The number of ether oxygens (including phenoxy) is 2. The normalized spacial score (nSPS) is 15.7. The van der Waals surface area contributed by atoms with Crippen molar-refractivity contribution in [2.75, 3.05) is 24.7 Å². The Morgan fingerprint density at radius 2 is 1.95 bits per heavy atom. The standard InChI is InChI=1S/C26H23F2N5O6S/c1-38-26(35)22-15(6-5-10-29-22)14-12-17-21(31-33(25(17)30-13-14)19-7-3-4-11-39-19)24(34)16-8-9-18(27)23(20(16)28)32-40(2,36)37/h5-6,8-10,12-13,19,32H,3-4,7,11H2,1-2H3. The number of hydrogen-bond donors (Lipinski definition) is 1. The number of anilines is 1. The number of hydrogen-bond acceptors (Lipinski definition) is 9. The maximum atomic E-state index is 15.4. The number of nitrogens with zero attached hydrogens (tertiary/aromatic N) is 4. The molecule has 1 atom stereocenters. The molecule has 0 amide bonds. The van der Waals surface area contributed by atoms with E-state index in [0.717, 1.165) is 31.2 Å². The molecular formula is C26H23F2N5O6S. The van der Waals surface area contributed by atoms with Crippen molar-refractivity contribution in [2.45, 2.75) is 25.5 Å². The van der Waals surface area contributed by atoms with Gasteiger partial charge in [-0.3, -0.25) is 9.52 Å². The molecule has 0 bridgehead atoms. The Labute approximate surface area is 227 Å². The van der Waals surface area contributed by atoms with Crippen molar-refractivity contribution in [3.05, 3.63) is 71.3 Å². The molecule has 1 unspecified atom stereocenters. The van der Waals surface area contributed by atoms with E-state index < -0.39 is 50.9 Å². The Balaban J connectivity index is 1.70. The molecule has 0 aliphatic carbocycles. The highest BCUT2D eigenvalue weighted by Gasteiger charge is 2.29. The maximum Gasteiger partial charge on any atom is 0.357 e. The molecule has 40 heavy (non-hydrogen) atoms. The molecule has 1 saturated heterocycles. The van der Waals surface area contributed by atoms with Crippen LogP contribution in [0.4, 0.5) is 14.5 Å². The molecule has 4 heterocycles. The molecule has 1 N–H and O–H groups in total. The predicted octanol–water partition coefficient (Wildman–Crippen LogP) is 3.86. The van der Waals surface area contributed by atoms with Gasteiger partial charge in [-0.25, -0.2) is 36.6 Å². The van der Waals surface area contributed by atoms with Gasteiger partial charge < -0.3 is 9.47 Å². The smallest absolute Gasteiger partial charge is 0.357 e. The number of aromatic nitrogens is 4. The van der Waals surface area contributed by atoms with Crippen LogP contribution >= 0.6 is 0 Å². The Hall–Kier alpha value is -4.30. The van der Waals surface area contributed by atoms with Gasteiger partial charge in [0.05, 0.1) is 24.3 Å². The minimum Gasteiger partial charge on any atom is -0.464 e. The Kier molecular flexibility index (Phi) is 7.29. The van der Waals surface area contributed by atoms with Crippen molar-refractivity contribution in [1.29, 1.82) is 0 Å². The third-order valence-corrected chi connectivity index (χ3v) is 6.89. The first-order valence-corrected chi connectivity index (χ1v) is 14.0. The number of pyridine rings is 2. The van der Waals surface area contributed by atoms with Crippen LogP contribution in [0.5, 0.6) is 0 Å². The lowest BCUT2D eigenvalue weighted by Gasteiger charge is -2.23. The molecular weight excluding hydrogens is 548 g/mol. The van der Waals surface area contributed by atoms with Gasteiger partial charge in [0.1, 0.15) is 17.2 Å². The van der Waals surface area contributed by atoms with E-state index >= 15 is 4.39 Å². The zero-order valence-corrected chi connectivity index (χ0v) is 22.2. The van der Waals surface area contributed by atoms with Gasteiger partial charge in [-0.1, -0.05) is 6.07 Å². The maximum absolute atomic E-state index is 15.4. The van der Waals surface area contributed by atoms with E-state index in [9.17, 15) is 22.4 Å². The van der Waals surface area contributed by atoms with Crippen LogP contribution < -0.4 is 4.72 Å². The monoisotopic (exact) mass is 571 g/mol. The quantitative estimate of drug-likeness (QED) is 0.258. The van der Waals surface area contributed by atoms with Crippen LogP contribution in [0.1, 0.15) is 52.0 Å². The lowest BCUT2D eigenvalue weighted by atomic mass is 10.0. The van der Waals surface area contributed by atoms with E-state index in [4.69, 9.17) is 9.47 Å². The van der Waals surface area contributed by atoms with Gasteiger partial charge in [0.15, 0.2) is 23.4 Å². The summed E-state index contributed by atoms with van der Waals surface area (Å²) in [5.74, 6) is -4.21. The van der Waals surface area contributed by atoms with Crippen LogP contribution in [0.25, 0.3) is 22.2 Å². The average molecular weight is 572 g/mol. The number of fused-ring (bicyclic) bond motifs is 1. The average Bonchev–Trinajstić information content (AvgIpc) is 3.33. The van der Waals surface area contributed by atoms with Crippen LogP contribution in [0.3, 0.4) is 0 Å². The summed E-state index contributed by atoms with van der Waals surface area (Å²) < 4.78 is 66.9. The second-order valence-electron chi connectivity index (χ2n) is 9.09. The van der Waals surface area contributed by atoms with Crippen molar-refractivity contribution >= 4 is 38.5 Å². The molecule has 11 nitrogen and oxygen atoms in total. The highest BCUT2D eigenvalue weighted by Crippen LogP contribution is 2.33. The lowest BCUT2D eigenvalue weighted by Crippen LogP contribution is -2.20. The van der Waals surface area contributed by atoms with E-state index in [2.05, 4.69) is 15.1 Å².